The number of hydrogen-bond donors (Lipinski definition) is 0. The largest absolute Gasteiger partial charge is 0.341 e. The first kappa shape index (κ1) is 12.1. The van der Waals surface area contributed by atoms with Crippen molar-refractivity contribution in [2.45, 2.75) is 17.9 Å². The molecule has 1 aliphatic rings. The molecule has 0 aromatic carbocycles. The van der Waals surface area contributed by atoms with Gasteiger partial charge in [-0.25, -0.2) is 4.98 Å². The minimum Gasteiger partial charge on any atom is -0.341 e. The molecule has 1 amide bonds. The number of carbonyl (C=O) groups excluding carboxylic acids is 2. The van der Waals surface area contributed by atoms with E-state index >= 15 is 0 Å². The van der Waals surface area contributed by atoms with Gasteiger partial charge < -0.3 is 4.90 Å². The van der Waals surface area contributed by atoms with Gasteiger partial charge in [-0.05, 0) is 12.1 Å². The molecule has 1 saturated heterocycles. The molecule has 0 saturated carbocycles. The van der Waals surface area contributed by atoms with Crippen molar-refractivity contribution in [3.05, 3.63) is 24.4 Å². The van der Waals surface area contributed by atoms with Crippen molar-refractivity contribution in [1.29, 1.82) is 0 Å². The number of likely N-dealkylation sites (tertiary alicyclic amines) is 1. The van der Waals surface area contributed by atoms with E-state index in [4.69, 9.17) is 0 Å². The molecule has 1 fully saturated rings. The van der Waals surface area contributed by atoms with Crippen LogP contribution in [0.25, 0.3) is 0 Å². The normalized spacial score (nSPS) is 16.0. The molecule has 90 valence electrons. The van der Waals surface area contributed by atoms with Crippen LogP contribution in [0.15, 0.2) is 29.4 Å². The van der Waals surface area contributed by atoms with E-state index < -0.39 is 0 Å². The molecule has 2 heterocycles. The summed E-state index contributed by atoms with van der Waals surface area (Å²) in [5.41, 5.74) is 0. The Balaban J connectivity index is 1.80. The van der Waals surface area contributed by atoms with E-state index in [0.29, 0.717) is 31.7 Å². The summed E-state index contributed by atoms with van der Waals surface area (Å²) in [6.07, 6.45) is 2.71. The Morgan fingerprint density at radius 1 is 1.35 bits per heavy atom. The number of Topliss-reactive ketones (excluding diaryl/α,β-unsaturated/α-hetero) is 1. The second kappa shape index (κ2) is 5.82. The van der Waals surface area contributed by atoms with Crippen LogP contribution in [0, 0.1) is 0 Å². The fraction of sp³-hybridized carbons (Fsp3) is 0.417. The summed E-state index contributed by atoms with van der Waals surface area (Å²) in [6, 6.07) is 5.64. The monoisotopic (exact) mass is 250 g/mol. The first-order chi connectivity index (χ1) is 8.25. The Bertz CT molecular complexity index is 398. The van der Waals surface area contributed by atoms with Gasteiger partial charge in [-0.1, -0.05) is 17.8 Å². The van der Waals surface area contributed by atoms with Gasteiger partial charge in [-0.3, -0.25) is 9.59 Å². The number of carbonyl (C=O) groups is 2. The predicted octanol–water partition coefficient (Wildman–Crippen LogP) is 1.37. The van der Waals surface area contributed by atoms with Crippen LogP contribution >= 0.6 is 11.8 Å². The van der Waals surface area contributed by atoms with Crippen molar-refractivity contribution in [2.75, 3.05) is 18.8 Å². The van der Waals surface area contributed by atoms with Crippen molar-refractivity contribution < 1.29 is 9.59 Å². The maximum absolute atomic E-state index is 11.8. The number of ketones is 1. The van der Waals surface area contributed by atoms with Crippen LogP contribution < -0.4 is 0 Å². The zero-order valence-corrected chi connectivity index (χ0v) is 10.3. The second-order valence-electron chi connectivity index (χ2n) is 3.88. The van der Waals surface area contributed by atoms with Crippen molar-refractivity contribution in [1.82, 2.24) is 9.88 Å². The van der Waals surface area contributed by atoms with Gasteiger partial charge in [0.25, 0.3) is 0 Å². The highest BCUT2D eigenvalue weighted by Gasteiger charge is 2.20. The molecular weight excluding hydrogens is 236 g/mol. The lowest BCUT2D eigenvalue weighted by molar-refractivity contribution is -0.132. The van der Waals surface area contributed by atoms with Gasteiger partial charge in [0.2, 0.25) is 5.91 Å². The standard InChI is InChI=1S/C12H14N2O2S/c15-10-4-7-14(8-5-10)12(16)9-17-11-3-1-2-6-13-11/h1-3,6H,4-5,7-9H2. The Kier molecular flexibility index (Phi) is 4.14. The van der Waals surface area contributed by atoms with Gasteiger partial charge in [0.1, 0.15) is 5.78 Å². The van der Waals surface area contributed by atoms with Crippen molar-refractivity contribution in [2.24, 2.45) is 0 Å². The number of hydrogen-bond acceptors (Lipinski definition) is 4. The molecule has 1 aromatic rings. The molecule has 0 radical (unpaired) electrons. The molecule has 0 atom stereocenters. The summed E-state index contributed by atoms with van der Waals surface area (Å²) in [5.74, 6) is 0.741. The van der Waals surface area contributed by atoms with Crippen LogP contribution in [0.3, 0.4) is 0 Å². The van der Waals surface area contributed by atoms with E-state index in [-0.39, 0.29) is 11.7 Å². The Morgan fingerprint density at radius 2 is 2.12 bits per heavy atom. The van der Waals surface area contributed by atoms with Crippen molar-refractivity contribution in [3.8, 4) is 0 Å². The molecule has 0 bridgehead atoms. The third-order valence-electron chi connectivity index (χ3n) is 2.66. The third kappa shape index (κ3) is 3.56. The number of pyridine rings is 1. The minimum absolute atomic E-state index is 0.0909. The first-order valence-electron chi connectivity index (χ1n) is 5.59. The average Bonchev–Trinajstić information content (AvgIpc) is 2.38. The lowest BCUT2D eigenvalue weighted by Crippen LogP contribution is -2.39. The van der Waals surface area contributed by atoms with Crippen LogP contribution in [0.1, 0.15) is 12.8 Å². The number of thioether (sulfide) groups is 1. The Hall–Kier alpha value is -1.36. The van der Waals surface area contributed by atoms with Crippen LogP contribution in [0.2, 0.25) is 0 Å². The highest BCUT2D eigenvalue weighted by Crippen LogP contribution is 2.15. The highest BCUT2D eigenvalue weighted by molar-refractivity contribution is 7.99. The fourth-order valence-electron chi connectivity index (χ4n) is 1.66. The maximum atomic E-state index is 11.8. The van der Waals surface area contributed by atoms with Crippen LogP contribution in [-0.4, -0.2) is 40.4 Å². The Labute approximate surface area is 104 Å². The van der Waals surface area contributed by atoms with Gasteiger partial charge >= 0.3 is 0 Å². The third-order valence-corrected chi connectivity index (χ3v) is 3.58. The van der Waals surface area contributed by atoms with Gasteiger partial charge in [-0.2, -0.15) is 0 Å². The smallest absolute Gasteiger partial charge is 0.233 e. The van der Waals surface area contributed by atoms with E-state index in [1.165, 1.54) is 11.8 Å². The topological polar surface area (TPSA) is 50.3 Å². The quantitative estimate of drug-likeness (QED) is 0.760. The number of nitrogens with zero attached hydrogens (tertiary/aromatic N) is 2. The average molecular weight is 250 g/mol. The molecule has 1 aromatic heterocycles. The van der Waals surface area contributed by atoms with E-state index in [2.05, 4.69) is 4.98 Å². The number of piperidine rings is 1. The van der Waals surface area contributed by atoms with Crippen LogP contribution in [0.4, 0.5) is 0 Å². The maximum Gasteiger partial charge on any atom is 0.233 e. The number of amides is 1. The predicted molar refractivity (Wildman–Crippen MR) is 65.8 cm³/mol. The lowest BCUT2D eigenvalue weighted by atomic mass is 10.1. The van der Waals surface area contributed by atoms with Gasteiger partial charge in [0, 0.05) is 32.1 Å². The summed E-state index contributed by atoms with van der Waals surface area (Å²) in [7, 11) is 0. The van der Waals surface area contributed by atoms with Crippen LogP contribution in [-0.2, 0) is 9.59 Å². The molecule has 0 spiro atoms. The molecule has 5 heteroatoms. The fourth-order valence-corrected chi connectivity index (χ4v) is 2.43. The van der Waals surface area contributed by atoms with Crippen molar-refractivity contribution >= 4 is 23.5 Å². The first-order valence-corrected chi connectivity index (χ1v) is 6.57. The molecule has 0 unspecified atom stereocenters. The van der Waals surface area contributed by atoms with E-state index in [9.17, 15) is 9.59 Å². The Morgan fingerprint density at radius 3 is 2.76 bits per heavy atom. The SMILES string of the molecule is O=C1CCN(C(=O)CSc2ccccn2)CC1. The lowest BCUT2D eigenvalue weighted by Gasteiger charge is -2.25. The van der Waals surface area contributed by atoms with Gasteiger partial charge in [-0.15, -0.1) is 0 Å². The number of aromatic nitrogens is 1. The van der Waals surface area contributed by atoms with E-state index in [1.54, 1.807) is 11.1 Å². The van der Waals surface area contributed by atoms with Crippen LogP contribution in [0.5, 0.6) is 0 Å². The molecular formula is C12H14N2O2S. The molecule has 0 aliphatic carbocycles. The molecule has 4 nitrogen and oxygen atoms in total. The van der Waals surface area contributed by atoms with E-state index in [0.717, 1.165) is 5.03 Å². The zero-order chi connectivity index (χ0) is 12.1. The second-order valence-corrected chi connectivity index (χ2v) is 4.87. The van der Waals surface area contributed by atoms with Crippen molar-refractivity contribution in [3.63, 3.8) is 0 Å². The summed E-state index contributed by atoms with van der Waals surface area (Å²) in [4.78, 5) is 28.8. The van der Waals surface area contributed by atoms with Gasteiger partial charge in [0.05, 0.1) is 10.8 Å². The summed E-state index contributed by atoms with van der Waals surface area (Å²) in [6.45, 7) is 1.14. The summed E-state index contributed by atoms with van der Waals surface area (Å²) in [5, 5.41) is 0.855. The molecule has 17 heavy (non-hydrogen) atoms. The molecule has 2 rings (SSSR count). The highest BCUT2D eigenvalue weighted by atomic mass is 32.2. The van der Waals surface area contributed by atoms with E-state index in [1.807, 2.05) is 18.2 Å². The molecule has 1 aliphatic heterocycles. The minimum atomic E-state index is 0.0909. The van der Waals surface area contributed by atoms with Gasteiger partial charge in [0.15, 0.2) is 0 Å². The summed E-state index contributed by atoms with van der Waals surface area (Å²) >= 11 is 1.44. The number of rotatable bonds is 3. The zero-order valence-electron chi connectivity index (χ0n) is 9.46. The molecule has 0 N–H and O–H groups in total. The summed E-state index contributed by atoms with van der Waals surface area (Å²) < 4.78 is 0.